The first-order chi connectivity index (χ1) is 22.3. The van der Waals surface area contributed by atoms with Crippen LogP contribution >= 0.6 is 0 Å². The van der Waals surface area contributed by atoms with E-state index in [1.54, 1.807) is 0 Å². The second-order valence-corrected chi connectivity index (χ2v) is 13.8. The summed E-state index contributed by atoms with van der Waals surface area (Å²) >= 11 is 0. The van der Waals surface area contributed by atoms with Crippen molar-refractivity contribution in [2.45, 2.75) is 212 Å². The van der Waals surface area contributed by atoms with Gasteiger partial charge in [-0.1, -0.05) is 168 Å². The second-order valence-electron chi connectivity index (χ2n) is 13.8. The topological polar surface area (TPSA) is 147 Å². The van der Waals surface area contributed by atoms with E-state index >= 15 is 0 Å². The van der Waals surface area contributed by atoms with E-state index < -0.39 is 35.8 Å². The van der Waals surface area contributed by atoms with Gasteiger partial charge in [-0.25, -0.2) is 4.79 Å². The zero-order valence-corrected chi connectivity index (χ0v) is 30.2. The highest BCUT2D eigenvalue weighted by Gasteiger charge is 2.48. The lowest BCUT2D eigenvalue weighted by atomic mass is 9.85. The van der Waals surface area contributed by atoms with E-state index in [2.05, 4.69) is 13.8 Å². The normalized spacial score (nSPS) is 13.4. The Bertz CT molecular complexity index is 750. The minimum atomic E-state index is -1.79. The van der Waals surface area contributed by atoms with Gasteiger partial charge in [0.05, 0.1) is 12.5 Å². The number of carbonyl (C=O) groups excluding carboxylic acids is 1. The van der Waals surface area contributed by atoms with E-state index in [1.165, 1.54) is 108 Å². The Morgan fingerprint density at radius 3 is 1.35 bits per heavy atom. The summed E-state index contributed by atoms with van der Waals surface area (Å²) in [5.74, 6) is -2.88. The monoisotopic (exact) mass is 654 g/mol. The maximum absolute atomic E-state index is 13.7. The summed E-state index contributed by atoms with van der Waals surface area (Å²) in [6, 6.07) is -0.863. The zero-order valence-electron chi connectivity index (χ0n) is 30.2. The van der Waals surface area contributed by atoms with E-state index in [-0.39, 0.29) is 13.0 Å². The molecule has 0 aliphatic heterocycles. The molecule has 0 aromatic heterocycles. The van der Waals surface area contributed by atoms with E-state index in [0.29, 0.717) is 32.2 Å². The summed E-state index contributed by atoms with van der Waals surface area (Å²) in [7, 11) is 0. The average molecular weight is 654 g/mol. The molecule has 46 heavy (non-hydrogen) atoms. The Kier molecular flexibility index (Phi) is 29.5. The van der Waals surface area contributed by atoms with Gasteiger partial charge in [-0.2, -0.15) is 0 Å². The maximum Gasteiger partial charge on any atom is 0.330 e. The number of nitrogens with two attached hydrogens (primary N) is 2. The van der Waals surface area contributed by atoms with Crippen LogP contribution in [0.1, 0.15) is 200 Å². The zero-order chi connectivity index (χ0) is 34.3. The van der Waals surface area contributed by atoms with Crippen LogP contribution in [0.3, 0.4) is 0 Å². The van der Waals surface area contributed by atoms with Crippen LogP contribution in [0.15, 0.2) is 0 Å². The third-order valence-electron chi connectivity index (χ3n) is 9.59. The summed E-state index contributed by atoms with van der Waals surface area (Å²) in [5.41, 5.74) is 10.2. The van der Waals surface area contributed by atoms with Crippen LogP contribution in [0.4, 0.5) is 0 Å². The number of carboxylic acid groups (broad SMARTS) is 2. The van der Waals surface area contributed by atoms with Crippen LogP contribution in [-0.2, 0) is 14.4 Å². The van der Waals surface area contributed by atoms with Gasteiger partial charge in [-0.15, -0.1) is 0 Å². The number of rotatable bonds is 35. The number of aliphatic carboxylic acids is 2. The summed E-state index contributed by atoms with van der Waals surface area (Å²) in [5, 5.41) is 20.4. The molecule has 272 valence electrons. The highest BCUT2D eigenvalue weighted by Crippen LogP contribution is 2.30. The average Bonchev–Trinajstić information content (AvgIpc) is 3.02. The first kappa shape index (κ1) is 44.3. The summed E-state index contributed by atoms with van der Waals surface area (Å²) in [6.45, 7) is 5.19. The molecule has 0 saturated carbocycles. The number of amides is 1. The SMILES string of the molecule is CCCCCCCCCCCCCCN(C(=O)[C@@H](N)CCCCN)[C@@](CCCCCCCCCCCCCC)(CC(=O)O)C(=O)O. The fourth-order valence-electron chi connectivity index (χ4n) is 6.60. The largest absolute Gasteiger partial charge is 0.481 e. The maximum atomic E-state index is 13.7. The molecule has 0 unspecified atom stereocenters. The highest BCUT2D eigenvalue weighted by atomic mass is 16.4. The van der Waals surface area contributed by atoms with Crippen molar-refractivity contribution < 1.29 is 24.6 Å². The molecule has 6 N–H and O–H groups in total. The van der Waals surface area contributed by atoms with E-state index in [0.717, 1.165) is 44.9 Å². The molecule has 0 saturated heterocycles. The van der Waals surface area contributed by atoms with Crippen molar-refractivity contribution in [2.24, 2.45) is 11.5 Å². The molecule has 0 aliphatic carbocycles. The molecule has 8 nitrogen and oxygen atoms in total. The third-order valence-corrected chi connectivity index (χ3v) is 9.59. The minimum absolute atomic E-state index is 0.131. The van der Waals surface area contributed by atoms with Gasteiger partial charge in [0.25, 0.3) is 0 Å². The molecule has 0 heterocycles. The van der Waals surface area contributed by atoms with Gasteiger partial charge in [0.1, 0.15) is 0 Å². The highest BCUT2D eigenvalue weighted by molar-refractivity contribution is 5.92. The number of carbonyl (C=O) groups is 3. The molecule has 0 bridgehead atoms. The first-order valence-corrected chi connectivity index (χ1v) is 19.5. The lowest BCUT2D eigenvalue weighted by molar-refractivity contribution is -0.165. The Morgan fingerprint density at radius 2 is 0.978 bits per heavy atom. The van der Waals surface area contributed by atoms with Crippen molar-refractivity contribution in [3.05, 3.63) is 0 Å². The number of carboxylic acids is 2. The standard InChI is InChI=1S/C38H75N3O5/c1-3-5-7-9-11-13-15-17-19-21-23-26-30-38(37(45)46,33-35(42)43)41(36(44)34(40)29-25-27-31-39)32-28-24-22-20-18-16-14-12-10-8-6-4-2/h34H,3-33,39-40H2,1-2H3,(H,42,43)(H,45,46)/t34-,38-/m0/s1. The minimum Gasteiger partial charge on any atom is -0.481 e. The van der Waals surface area contributed by atoms with Gasteiger partial charge < -0.3 is 26.6 Å². The van der Waals surface area contributed by atoms with E-state index in [9.17, 15) is 24.6 Å². The van der Waals surface area contributed by atoms with Crippen molar-refractivity contribution in [1.29, 1.82) is 0 Å². The van der Waals surface area contributed by atoms with E-state index in [1.807, 2.05) is 0 Å². The number of hydrogen-bond donors (Lipinski definition) is 4. The molecule has 0 spiro atoms. The van der Waals surface area contributed by atoms with Gasteiger partial charge in [0.15, 0.2) is 5.54 Å². The molecule has 0 aromatic carbocycles. The molecule has 0 fully saturated rings. The lowest BCUT2D eigenvalue weighted by Crippen LogP contribution is -2.61. The summed E-state index contributed by atoms with van der Waals surface area (Å²) in [6.07, 6.45) is 29.0. The molecule has 2 atom stereocenters. The molecule has 0 rings (SSSR count). The fourth-order valence-corrected chi connectivity index (χ4v) is 6.60. The second kappa shape index (κ2) is 30.7. The predicted octanol–water partition coefficient (Wildman–Crippen LogP) is 9.36. The van der Waals surface area contributed by atoms with Crippen molar-refractivity contribution in [3.63, 3.8) is 0 Å². The molecular formula is C38H75N3O5. The van der Waals surface area contributed by atoms with Gasteiger partial charge in [0.2, 0.25) is 5.91 Å². The van der Waals surface area contributed by atoms with Crippen molar-refractivity contribution >= 4 is 17.8 Å². The molecule has 1 amide bonds. The van der Waals surface area contributed by atoms with Gasteiger partial charge in [0, 0.05) is 6.54 Å². The molecule has 0 aliphatic rings. The summed E-state index contributed by atoms with van der Waals surface area (Å²) < 4.78 is 0. The van der Waals surface area contributed by atoms with Crippen molar-refractivity contribution in [1.82, 2.24) is 4.90 Å². The van der Waals surface area contributed by atoms with Gasteiger partial charge >= 0.3 is 11.9 Å². The Labute approximate surface area is 283 Å². The Hall–Kier alpha value is -1.67. The summed E-state index contributed by atoms with van der Waals surface area (Å²) in [4.78, 5) is 40.1. The molecule has 8 heteroatoms. The van der Waals surface area contributed by atoms with Crippen LogP contribution < -0.4 is 11.5 Å². The first-order valence-electron chi connectivity index (χ1n) is 19.5. The van der Waals surface area contributed by atoms with Crippen molar-refractivity contribution in [2.75, 3.05) is 13.1 Å². The van der Waals surface area contributed by atoms with Crippen LogP contribution in [0, 0.1) is 0 Å². The quantitative estimate of drug-likeness (QED) is 0.0498. The van der Waals surface area contributed by atoms with Crippen LogP contribution in [0.2, 0.25) is 0 Å². The van der Waals surface area contributed by atoms with Gasteiger partial charge in [-0.05, 0) is 32.2 Å². The Balaban J connectivity index is 5.13. The molecule has 0 aromatic rings. The lowest BCUT2D eigenvalue weighted by Gasteiger charge is -2.41. The van der Waals surface area contributed by atoms with Crippen LogP contribution in [-0.4, -0.2) is 57.6 Å². The van der Waals surface area contributed by atoms with Gasteiger partial charge in [-0.3, -0.25) is 9.59 Å². The third kappa shape index (κ3) is 22.0. The Morgan fingerprint density at radius 1 is 0.587 bits per heavy atom. The molecular weight excluding hydrogens is 578 g/mol. The van der Waals surface area contributed by atoms with Crippen LogP contribution in [0.5, 0.6) is 0 Å². The smallest absolute Gasteiger partial charge is 0.330 e. The van der Waals surface area contributed by atoms with E-state index in [4.69, 9.17) is 11.5 Å². The number of unbranched alkanes of at least 4 members (excludes halogenated alkanes) is 23. The molecule has 0 radical (unpaired) electrons. The number of nitrogens with zero attached hydrogens (tertiary/aromatic N) is 1. The number of hydrogen-bond acceptors (Lipinski definition) is 5. The fraction of sp³-hybridized carbons (Fsp3) is 0.921. The van der Waals surface area contributed by atoms with Crippen molar-refractivity contribution in [3.8, 4) is 0 Å². The van der Waals surface area contributed by atoms with Crippen LogP contribution in [0.25, 0.3) is 0 Å². The predicted molar refractivity (Wildman–Crippen MR) is 192 cm³/mol.